The van der Waals surface area contributed by atoms with Crippen LogP contribution in [0, 0.1) is 22.7 Å². The fourth-order valence-corrected chi connectivity index (χ4v) is 6.23. The Labute approximate surface area is 335 Å². The largest absolute Gasteiger partial charge is 0.491 e. The number of rotatable bonds is 24. The zero-order chi connectivity index (χ0) is 41.1. The lowest BCUT2D eigenvalue weighted by Gasteiger charge is -2.24. The van der Waals surface area contributed by atoms with Crippen molar-refractivity contribution in [2.75, 3.05) is 43.7 Å². The van der Waals surface area contributed by atoms with Crippen molar-refractivity contribution in [3.63, 3.8) is 0 Å². The normalized spacial score (nSPS) is 13.8. The van der Waals surface area contributed by atoms with E-state index in [0.717, 1.165) is 0 Å². The van der Waals surface area contributed by atoms with Crippen LogP contribution in [0.1, 0.15) is 70.2 Å². The van der Waals surface area contributed by atoms with Gasteiger partial charge in [-0.3, -0.25) is 19.7 Å². The predicted molar refractivity (Wildman–Crippen MR) is 209 cm³/mol. The number of halogens is 3. The molecule has 19 heteroatoms. The van der Waals surface area contributed by atoms with Gasteiger partial charge in [0, 0.05) is 36.4 Å². The lowest BCUT2D eigenvalue weighted by atomic mass is 9.96. The highest BCUT2D eigenvalue weighted by molar-refractivity contribution is 7.64. The maximum atomic E-state index is 13.1. The van der Waals surface area contributed by atoms with Gasteiger partial charge in [0.05, 0.1) is 25.4 Å². The number of carbonyl (C=O) groups excluding carboxylic acids is 3. The summed E-state index contributed by atoms with van der Waals surface area (Å²) >= 11 is 17.5. The smallest absolute Gasteiger partial charge is 0.411 e. The molecule has 298 valence electrons. The first-order chi connectivity index (χ1) is 25.8. The third-order valence-corrected chi connectivity index (χ3v) is 10.3. The topological polar surface area (TPSA) is 222 Å². The number of benzene rings is 2. The van der Waals surface area contributed by atoms with Crippen LogP contribution < -0.4 is 15.4 Å². The minimum Gasteiger partial charge on any atom is -0.491 e. The van der Waals surface area contributed by atoms with Gasteiger partial charge in [0.25, 0.3) is 0 Å². The minimum absolute atomic E-state index is 0.0313. The van der Waals surface area contributed by atoms with Crippen molar-refractivity contribution in [1.29, 1.82) is 10.5 Å². The van der Waals surface area contributed by atoms with Crippen LogP contribution in [0.4, 0.5) is 16.2 Å². The molecule has 2 rings (SSSR count). The van der Waals surface area contributed by atoms with Crippen molar-refractivity contribution >= 4 is 74.4 Å². The number of hydrogen-bond acceptors (Lipinski definition) is 12. The first-order valence-corrected chi connectivity index (χ1v) is 22.4. The number of carbonyl (C=O) groups is 4. The SMILES string of the molecule is CC(C#N)(CCC(=O)O)N=NC(C)(C#N)CCC(=O)Nc1cccc(NC(=O)OCCOC(C)(C)C(=O)c2ccc(OCCOCCC[Si](Cl)(Cl)Cl)cc2)c1. The molecule has 3 N–H and O–H groups in total. The van der Waals surface area contributed by atoms with E-state index in [0.29, 0.717) is 55.0 Å². The third-order valence-electron chi connectivity index (χ3n) is 7.72. The number of amides is 2. The fraction of sp³-hybridized carbons (Fsp3) is 0.500. The number of carboxylic acid groups (broad SMARTS) is 1. The minimum atomic E-state index is -2.64. The van der Waals surface area contributed by atoms with Crippen LogP contribution in [0.3, 0.4) is 0 Å². The number of azo groups is 1. The number of ether oxygens (including phenoxy) is 4. The summed E-state index contributed by atoms with van der Waals surface area (Å²) in [7, 11) is 0. The van der Waals surface area contributed by atoms with E-state index in [9.17, 15) is 29.7 Å². The number of hydrogen-bond donors (Lipinski definition) is 3. The monoisotopic (exact) mass is 838 g/mol. The van der Waals surface area contributed by atoms with E-state index < -0.39 is 40.7 Å². The molecule has 0 heterocycles. The van der Waals surface area contributed by atoms with Gasteiger partial charge in [-0.25, -0.2) is 4.79 Å². The first-order valence-electron chi connectivity index (χ1n) is 17.2. The summed E-state index contributed by atoms with van der Waals surface area (Å²) in [5.41, 5.74) is -3.00. The van der Waals surface area contributed by atoms with E-state index in [1.54, 1.807) is 56.3 Å². The zero-order valence-electron chi connectivity index (χ0n) is 31.0. The molecule has 0 aromatic heterocycles. The molecule has 0 spiro atoms. The number of Topliss-reactive ketones (excluding diaryl/α,β-unsaturated/α-hetero) is 1. The fourth-order valence-electron chi connectivity index (χ4n) is 4.48. The Bertz CT molecular complexity index is 1730. The van der Waals surface area contributed by atoms with Crippen LogP contribution in [0.2, 0.25) is 6.04 Å². The molecule has 0 saturated carbocycles. The lowest BCUT2D eigenvalue weighted by Crippen LogP contribution is -2.36. The summed E-state index contributed by atoms with van der Waals surface area (Å²) in [5.74, 6) is -1.25. The highest BCUT2D eigenvalue weighted by Crippen LogP contribution is 2.27. The summed E-state index contributed by atoms with van der Waals surface area (Å²) in [6, 6.07) is 14.7. The number of ketones is 1. The van der Waals surface area contributed by atoms with Crippen LogP contribution in [-0.4, -0.2) is 84.6 Å². The molecule has 0 fully saturated rings. The van der Waals surface area contributed by atoms with Gasteiger partial charge < -0.3 is 29.4 Å². The summed E-state index contributed by atoms with van der Waals surface area (Å²) in [4.78, 5) is 49.1. The van der Waals surface area contributed by atoms with Gasteiger partial charge in [-0.1, -0.05) is 6.07 Å². The number of nitrogens with zero attached hydrogens (tertiary/aromatic N) is 4. The van der Waals surface area contributed by atoms with E-state index >= 15 is 0 Å². The van der Waals surface area contributed by atoms with Crippen molar-refractivity contribution in [2.45, 2.75) is 82.5 Å². The van der Waals surface area contributed by atoms with E-state index in [1.807, 2.05) is 12.1 Å². The number of nitriles is 2. The third kappa shape index (κ3) is 18.7. The van der Waals surface area contributed by atoms with Crippen LogP contribution in [-0.2, 0) is 23.8 Å². The molecule has 2 unspecified atom stereocenters. The van der Waals surface area contributed by atoms with Crippen LogP contribution in [0.15, 0.2) is 58.8 Å². The van der Waals surface area contributed by atoms with Crippen LogP contribution >= 0.6 is 33.2 Å². The molecule has 0 saturated heterocycles. The predicted octanol–water partition coefficient (Wildman–Crippen LogP) is 7.95. The first kappa shape index (κ1) is 46.9. The molecule has 0 radical (unpaired) electrons. The Hall–Kier alpha value is -4.29. The molecule has 55 heavy (non-hydrogen) atoms. The van der Waals surface area contributed by atoms with Crippen molar-refractivity contribution in [1.82, 2.24) is 0 Å². The second kappa shape index (κ2) is 22.3. The zero-order valence-corrected chi connectivity index (χ0v) is 34.3. The molecular weight excluding hydrogens is 795 g/mol. The number of carboxylic acids is 1. The summed E-state index contributed by atoms with van der Waals surface area (Å²) in [6.45, 7) is 7.03. The van der Waals surface area contributed by atoms with Crippen LogP contribution in [0.25, 0.3) is 0 Å². The summed E-state index contributed by atoms with van der Waals surface area (Å²) < 4.78 is 22.1. The van der Waals surface area contributed by atoms with Gasteiger partial charge in [0.2, 0.25) is 5.91 Å². The standard InChI is InChI=1S/C36H45Cl3N6O9Si/c1-34(2,32(49)26-9-11-29(12-10-26)52-19-18-51-17-6-22-55(37,38)39)54-21-20-53-33(50)43-28-8-5-7-27(23-28)42-30(46)13-15-35(3,24-40)44-45-36(4,25-41)16-14-31(47)48/h5,7-12,23H,6,13-22H2,1-4H3,(H,42,46)(H,43,50)(H,47,48). The average molecular weight is 840 g/mol. The quantitative estimate of drug-likeness (QED) is 0.0302. The van der Waals surface area contributed by atoms with Gasteiger partial charge in [-0.15, -0.1) is 33.2 Å². The Balaban J connectivity index is 1.77. The highest BCUT2D eigenvalue weighted by Gasteiger charge is 2.31. The number of anilines is 2. The van der Waals surface area contributed by atoms with E-state index in [1.165, 1.54) is 19.9 Å². The molecule has 2 amide bonds. The van der Waals surface area contributed by atoms with Crippen molar-refractivity contribution < 1.29 is 43.2 Å². The molecule has 0 bridgehead atoms. The van der Waals surface area contributed by atoms with Crippen molar-refractivity contribution in [3.8, 4) is 17.9 Å². The Morgan fingerprint density at radius 3 is 2.00 bits per heavy atom. The second-order valence-electron chi connectivity index (χ2n) is 13.1. The van der Waals surface area contributed by atoms with Crippen molar-refractivity contribution in [3.05, 3.63) is 54.1 Å². The molecule has 0 aliphatic carbocycles. The maximum Gasteiger partial charge on any atom is 0.411 e. The highest BCUT2D eigenvalue weighted by atomic mass is 35.8. The summed E-state index contributed by atoms with van der Waals surface area (Å²) in [5, 5.41) is 41.1. The Morgan fingerprint density at radius 2 is 1.42 bits per heavy atom. The van der Waals surface area contributed by atoms with Crippen LogP contribution in [0.5, 0.6) is 5.75 Å². The number of nitrogens with one attached hydrogen (secondary N) is 2. The Kier molecular flexibility index (Phi) is 19.0. The van der Waals surface area contributed by atoms with Gasteiger partial charge in [-0.05, 0) is 95.5 Å². The van der Waals surface area contributed by atoms with E-state index in [2.05, 4.69) is 20.9 Å². The van der Waals surface area contributed by atoms with E-state index in [-0.39, 0.29) is 44.7 Å². The molecule has 2 atom stereocenters. The molecule has 2 aromatic carbocycles. The van der Waals surface area contributed by atoms with Gasteiger partial charge in [0.15, 0.2) is 16.9 Å². The van der Waals surface area contributed by atoms with Gasteiger partial charge in [-0.2, -0.15) is 20.8 Å². The van der Waals surface area contributed by atoms with Crippen molar-refractivity contribution in [2.24, 2.45) is 10.2 Å². The molecule has 15 nitrogen and oxygen atoms in total. The van der Waals surface area contributed by atoms with Gasteiger partial charge >= 0.3 is 18.1 Å². The summed E-state index contributed by atoms with van der Waals surface area (Å²) in [6.07, 6.45) is -0.672. The maximum absolute atomic E-state index is 13.1. The molecule has 0 aliphatic heterocycles. The lowest BCUT2D eigenvalue weighted by molar-refractivity contribution is -0.137. The molecule has 2 aromatic rings. The second-order valence-corrected chi connectivity index (χ2v) is 22.4. The number of aliphatic carboxylic acids is 1. The van der Waals surface area contributed by atoms with E-state index in [4.69, 9.17) is 57.3 Å². The Morgan fingerprint density at radius 1 is 0.818 bits per heavy atom. The average Bonchev–Trinajstić information content (AvgIpc) is 3.13. The molecule has 0 aliphatic rings. The molecular formula is C36H45Cl3N6O9Si. The van der Waals surface area contributed by atoms with Gasteiger partial charge in [0.1, 0.15) is 24.6 Å².